The highest BCUT2D eigenvalue weighted by Gasteiger charge is 2.48. The lowest BCUT2D eigenvalue weighted by atomic mass is 9.92. The van der Waals surface area contributed by atoms with Crippen LogP contribution in [0.25, 0.3) is 11.2 Å². The van der Waals surface area contributed by atoms with E-state index in [2.05, 4.69) is 42.8 Å². The molecule has 1 fully saturated rings. The van der Waals surface area contributed by atoms with E-state index in [-0.39, 0.29) is 18.3 Å². The fraction of sp³-hybridized carbons (Fsp3) is 0.767. The molecule has 6 atom stereocenters. The van der Waals surface area contributed by atoms with E-state index >= 15 is 0 Å². The van der Waals surface area contributed by atoms with Gasteiger partial charge in [-0.1, -0.05) is 84.0 Å². The third-order valence-corrected chi connectivity index (χ3v) is 8.04. The van der Waals surface area contributed by atoms with Crippen molar-refractivity contribution in [3.05, 3.63) is 12.7 Å². The smallest absolute Gasteiger partial charge is 0.239 e. The maximum Gasteiger partial charge on any atom is 0.239 e. The van der Waals surface area contributed by atoms with E-state index in [4.69, 9.17) is 4.74 Å². The van der Waals surface area contributed by atoms with Gasteiger partial charge in [-0.3, -0.25) is 9.59 Å². The van der Waals surface area contributed by atoms with Gasteiger partial charge in [0.05, 0.1) is 25.5 Å². The summed E-state index contributed by atoms with van der Waals surface area (Å²) in [5, 5.41) is 49.6. The van der Waals surface area contributed by atoms with Gasteiger partial charge >= 0.3 is 0 Å². The van der Waals surface area contributed by atoms with Gasteiger partial charge in [0.25, 0.3) is 0 Å². The van der Waals surface area contributed by atoms with Crippen molar-refractivity contribution >= 4 is 28.8 Å². The van der Waals surface area contributed by atoms with Gasteiger partial charge in [0.2, 0.25) is 11.8 Å². The Balaban J connectivity index is 1.35. The normalized spacial score (nSPS) is 22.5. The Hall–Kier alpha value is -2.91. The molecule has 0 bridgehead atoms. The second-order valence-electron chi connectivity index (χ2n) is 11.6. The van der Waals surface area contributed by atoms with Gasteiger partial charge in [-0.25, -0.2) is 15.0 Å². The Morgan fingerprint density at radius 1 is 0.909 bits per heavy atom. The zero-order valence-electron chi connectivity index (χ0n) is 25.8. The topological polar surface area (TPSA) is 215 Å². The Labute approximate surface area is 258 Å². The lowest BCUT2D eigenvalue weighted by Gasteiger charge is -2.44. The number of hydrogen-bond acceptors (Lipinski definition) is 11. The zero-order valence-corrected chi connectivity index (χ0v) is 25.8. The molecule has 1 aliphatic heterocycles. The maximum absolute atomic E-state index is 12.6. The summed E-state index contributed by atoms with van der Waals surface area (Å²) in [4.78, 5) is 39.9. The molecule has 44 heavy (non-hydrogen) atoms. The van der Waals surface area contributed by atoms with Crippen LogP contribution in [0.1, 0.15) is 96.8 Å². The molecule has 14 nitrogen and oxygen atoms in total. The Kier molecular flexibility index (Phi) is 15.7. The lowest BCUT2D eigenvalue weighted by Crippen LogP contribution is -2.68. The van der Waals surface area contributed by atoms with E-state index in [0.717, 1.165) is 19.3 Å². The molecule has 0 saturated carbocycles. The van der Waals surface area contributed by atoms with Crippen molar-refractivity contribution in [1.82, 2.24) is 30.6 Å². The minimum absolute atomic E-state index is 0.231. The quantitative estimate of drug-likeness (QED) is 0.0938. The van der Waals surface area contributed by atoms with E-state index in [1.807, 2.05) is 0 Å². The van der Waals surface area contributed by atoms with Gasteiger partial charge < -0.3 is 46.1 Å². The van der Waals surface area contributed by atoms with Crippen molar-refractivity contribution in [3.8, 4) is 0 Å². The number of aliphatic hydroxyl groups excluding tert-OH is 4. The van der Waals surface area contributed by atoms with Crippen LogP contribution in [0, 0.1) is 0 Å². The number of fused-ring (bicyclic) bond motifs is 1. The van der Waals surface area contributed by atoms with Gasteiger partial charge in [-0.15, -0.1) is 0 Å². The number of rotatable bonds is 21. The molecule has 0 aliphatic carbocycles. The molecule has 6 unspecified atom stereocenters. The summed E-state index contributed by atoms with van der Waals surface area (Å²) in [5.41, 5.74) is 0.795. The summed E-state index contributed by atoms with van der Waals surface area (Å²) in [6.07, 6.45) is 11.5. The van der Waals surface area contributed by atoms with Gasteiger partial charge in [0.15, 0.2) is 17.7 Å². The van der Waals surface area contributed by atoms with Crippen molar-refractivity contribution in [1.29, 1.82) is 0 Å². The molecule has 3 heterocycles. The van der Waals surface area contributed by atoms with Crippen LogP contribution >= 0.6 is 0 Å². The van der Waals surface area contributed by atoms with Gasteiger partial charge in [0, 0.05) is 6.42 Å². The molecule has 0 spiro atoms. The van der Waals surface area contributed by atoms with E-state index in [9.17, 15) is 30.0 Å². The molecule has 3 rings (SSSR count). The molecule has 14 heteroatoms. The molecule has 248 valence electrons. The van der Waals surface area contributed by atoms with E-state index in [1.54, 1.807) is 0 Å². The number of anilines is 1. The minimum Gasteiger partial charge on any atom is -0.394 e. The molecular formula is C30H51N7O7. The fourth-order valence-electron chi connectivity index (χ4n) is 5.46. The standard InChI is InChI=1S/C30H51N7O7/c1-2-3-4-5-6-7-8-9-10-11-12-13-14-15-21(40)31-16-22(41)36-23-25(42)26(43)30(44-27(23)20(39)17-38)37-29-24-28(33-18-32-24)34-19-35-29/h18-20,23,25-27,30,38-39,42-43H,2-17H2,1H3,(H,31,40)(H,36,41)(H2,32,33,34,35,37). The molecular weight excluding hydrogens is 570 g/mol. The van der Waals surface area contributed by atoms with Crippen molar-refractivity contribution in [2.45, 2.75) is 134 Å². The average molecular weight is 622 g/mol. The Morgan fingerprint density at radius 3 is 2.18 bits per heavy atom. The van der Waals surface area contributed by atoms with Crippen LogP contribution in [0.3, 0.4) is 0 Å². The van der Waals surface area contributed by atoms with Crippen molar-refractivity contribution in [2.75, 3.05) is 18.5 Å². The first-order chi connectivity index (χ1) is 21.3. The summed E-state index contributed by atoms with van der Waals surface area (Å²) < 4.78 is 5.79. The number of aromatic nitrogens is 4. The number of carbonyl (C=O) groups is 2. The SMILES string of the molecule is CCCCCCCCCCCCCCCC(=O)NCC(=O)NC1C(O)C(O)C(Nc2ncnc3nc[nH]c23)OC1C(O)CO. The highest BCUT2D eigenvalue weighted by molar-refractivity contribution is 5.85. The fourth-order valence-corrected chi connectivity index (χ4v) is 5.46. The number of amides is 2. The third-order valence-electron chi connectivity index (χ3n) is 8.04. The number of ether oxygens (including phenoxy) is 1. The number of nitrogens with zero attached hydrogens (tertiary/aromatic N) is 3. The Morgan fingerprint density at radius 2 is 1.55 bits per heavy atom. The third kappa shape index (κ3) is 11.2. The predicted molar refractivity (Wildman–Crippen MR) is 164 cm³/mol. The van der Waals surface area contributed by atoms with Gasteiger partial charge in [-0.2, -0.15) is 0 Å². The Bertz CT molecular complexity index is 1120. The molecule has 0 radical (unpaired) electrons. The summed E-state index contributed by atoms with van der Waals surface area (Å²) in [6.45, 7) is 1.17. The molecule has 0 aromatic carbocycles. The van der Waals surface area contributed by atoms with Crippen molar-refractivity contribution < 1.29 is 34.8 Å². The number of aromatic amines is 1. The van der Waals surface area contributed by atoms with Gasteiger partial charge in [-0.05, 0) is 6.42 Å². The summed E-state index contributed by atoms with van der Waals surface area (Å²) in [6, 6.07) is -1.27. The number of unbranched alkanes of at least 4 members (excludes halogenated alkanes) is 12. The largest absolute Gasteiger partial charge is 0.394 e. The first kappa shape index (κ1) is 35.6. The van der Waals surface area contributed by atoms with Gasteiger partial charge in [0.1, 0.15) is 36.3 Å². The number of H-pyrrole nitrogens is 1. The van der Waals surface area contributed by atoms with Crippen LogP contribution in [-0.2, 0) is 14.3 Å². The molecule has 2 aromatic heterocycles. The summed E-state index contributed by atoms with van der Waals surface area (Å²) in [5.74, 6) is -0.662. The van der Waals surface area contributed by atoms with E-state index in [0.29, 0.717) is 17.6 Å². The maximum atomic E-state index is 12.6. The zero-order chi connectivity index (χ0) is 31.7. The van der Waals surface area contributed by atoms with E-state index in [1.165, 1.54) is 76.9 Å². The molecule has 2 aromatic rings. The highest BCUT2D eigenvalue weighted by atomic mass is 16.5. The van der Waals surface area contributed by atoms with Crippen LogP contribution in [0.15, 0.2) is 12.7 Å². The monoisotopic (exact) mass is 621 g/mol. The number of hydrogen-bond donors (Lipinski definition) is 8. The summed E-state index contributed by atoms with van der Waals surface area (Å²) in [7, 11) is 0. The van der Waals surface area contributed by atoms with Crippen molar-refractivity contribution in [2.24, 2.45) is 0 Å². The second-order valence-corrected chi connectivity index (χ2v) is 11.6. The van der Waals surface area contributed by atoms with Crippen LogP contribution in [0.5, 0.6) is 0 Å². The number of carbonyl (C=O) groups excluding carboxylic acids is 2. The minimum atomic E-state index is -1.59. The predicted octanol–water partition coefficient (Wildman–Crippen LogP) is 1.65. The van der Waals surface area contributed by atoms with Crippen LogP contribution in [0.2, 0.25) is 0 Å². The molecule has 2 amide bonds. The lowest BCUT2D eigenvalue weighted by molar-refractivity contribution is -0.204. The molecule has 1 aliphatic rings. The van der Waals surface area contributed by atoms with Crippen LogP contribution in [0.4, 0.5) is 5.82 Å². The molecule has 8 N–H and O–H groups in total. The van der Waals surface area contributed by atoms with Crippen molar-refractivity contribution in [3.63, 3.8) is 0 Å². The summed E-state index contributed by atoms with van der Waals surface area (Å²) >= 11 is 0. The highest BCUT2D eigenvalue weighted by Crippen LogP contribution is 2.26. The second kappa shape index (κ2) is 19.5. The number of aliphatic hydroxyl groups is 4. The van der Waals surface area contributed by atoms with Crippen LogP contribution in [-0.4, -0.2) is 102 Å². The van der Waals surface area contributed by atoms with E-state index < -0.39 is 49.2 Å². The number of nitrogens with one attached hydrogen (secondary N) is 4. The molecule has 1 saturated heterocycles. The first-order valence-corrected chi connectivity index (χ1v) is 16.1. The van der Waals surface area contributed by atoms with Crippen LogP contribution < -0.4 is 16.0 Å². The number of imidazole rings is 1. The first-order valence-electron chi connectivity index (χ1n) is 16.1. The average Bonchev–Trinajstić information content (AvgIpc) is 3.51.